The molecule has 0 aliphatic heterocycles. The van der Waals surface area contributed by atoms with Crippen molar-refractivity contribution in [2.24, 2.45) is 0 Å². The summed E-state index contributed by atoms with van der Waals surface area (Å²) in [6.45, 7) is 0.604. The van der Waals surface area contributed by atoms with Gasteiger partial charge in [0.05, 0.1) is 18.2 Å². The van der Waals surface area contributed by atoms with Crippen LogP contribution in [0.15, 0.2) is 42.5 Å². The van der Waals surface area contributed by atoms with Gasteiger partial charge in [-0.05, 0) is 23.8 Å². The van der Waals surface area contributed by atoms with E-state index in [1.165, 1.54) is 6.07 Å². The molecule has 21 heavy (non-hydrogen) atoms. The first-order valence-corrected chi connectivity index (χ1v) is 6.95. The molecule has 2 aromatic carbocycles. The topological polar surface area (TPSA) is 41.5 Å². The average Bonchev–Trinajstić information content (AvgIpc) is 2.51. The summed E-state index contributed by atoms with van der Waals surface area (Å²) in [6, 6.07) is 12.1. The lowest BCUT2D eigenvalue weighted by molar-refractivity contribution is 0.174. The molecule has 0 saturated heterocycles. The van der Waals surface area contributed by atoms with Crippen molar-refractivity contribution in [2.75, 3.05) is 13.7 Å². The maximum atomic E-state index is 13.7. The van der Waals surface area contributed by atoms with Gasteiger partial charge in [-0.3, -0.25) is 0 Å². The molecular weight excluding hydrogens is 293 g/mol. The van der Waals surface area contributed by atoms with Gasteiger partial charge < -0.3 is 15.2 Å². The van der Waals surface area contributed by atoms with Crippen LogP contribution in [0.25, 0.3) is 0 Å². The molecule has 0 radical (unpaired) electrons. The number of hydrogen-bond donors (Lipinski definition) is 2. The quantitative estimate of drug-likeness (QED) is 0.860. The lowest BCUT2D eigenvalue weighted by Gasteiger charge is -2.13. The van der Waals surface area contributed by atoms with E-state index >= 15 is 0 Å². The molecule has 112 valence electrons. The zero-order valence-corrected chi connectivity index (χ0v) is 12.4. The van der Waals surface area contributed by atoms with Crippen LogP contribution in [0.4, 0.5) is 4.39 Å². The van der Waals surface area contributed by atoms with E-state index in [9.17, 15) is 9.50 Å². The van der Waals surface area contributed by atoms with Gasteiger partial charge in [-0.25, -0.2) is 4.39 Å². The first kappa shape index (κ1) is 15.8. The highest BCUT2D eigenvalue weighted by Gasteiger charge is 2.10. The fourth-order valence-corrected chi connectivity index (χ4v) is 2.19. The molecule has 2 N–H and O–H groups in total. The van der Waals surface area contributed by atoms with Crippen molar-refractivity contribution < 1.29 is 14.2 Å². The standard InChI is InChI=1S/C16H17ClFNO2/c1-21-13-6-2-4-11(8-13)15(20)10-19-9-12-5-3-7-14(17)16(12)18/h2-8,15,19-20H,9-10H2,1H3. The number of aliphatic hydroxyl groups excluding tert-OH is 1. The van der Waals surface area contributed by atoms with Crippen LogP contribution in [-0.4, -0.2) is 18.8 Å². The molecule has 0 bridgehead atoms. The van der Waals surface area contributed by atoms with Gasteiger partial charge in [0.1, 0.15) is 11.6 Å². The second-order valence-electron chi connectivity index (χ2n) is 4.64. The van der Waals surface area contributed by atoms with Gasteiger partial charge in [-0.1, -0.05) is 35.9 Å². The van der Waals surface area contributed by atoms with Gasteiger partial charge in [-0.2, -0.15) is 0 Å². The van der Waals surface area contributed by atoms with Gasteiger partial charge in [0.15, 0.2) is 0 Å². The normalized spacial score (nSPS) is 12.2. The Bertz CT molecular complexity index is 607. The monoisotopic (exact) mass is 309 g/mol. The van der Waals surface area contributed by atoms with Gasteiger partial charge in [0.25, 0.3) is 0 Å². The second kappa shape index (κ2) is 7.41. The second-order valence-corrected chi connectivity index (χ2v) is 5.04. The van der Waals surface area contributed by atoms with Crippen molar-refractivity contribution in [1.82, 2.24) is 5.32 Å². The molecule has 0 amide bonds. The number of hydrogen-bond acceptors (Lipinski definition) is 3. The summed E-state index contributed by atoms with van der Waals surface area (Å²) < 4.78 is 18.8. The van der Waals surface area contributed by atoms with E-state index in [1.54, 1.807) is 25.3 Å². The summed E-state index contributed by atoms with van der Waals surface area (Å²) in [5.41, 5.74) is 1.22. The summed E-state index contributed by atoms with van der Waals surface area (Å²) in [4.78, 5) is 0. The molecule has 0 fully saturated rings. The fraction of sp³-hybridized carbons (Fsp3) is 0.250. The van der Waals surface area contributed by atoms with Crippen molar-refractivity contribution in [1.29, 1.82) is 0 Å². The van der Waals surface area contributed by atoms with Crippen LogP contribution in [0.3, 0.4) is 0 Å². The van der Waals surface area contributed by atoms with Gasteiger partial charge in [0.2, 0.25) is 0 Å². The molecule has 0 saturated carbocycles. The van der Waals surface area contributed by atoms with Crippen LogP contribution in [0.2, 0.25) is 5.02 Å². The summed E-state index contributed by atoms with van der Waals surface area (Å²) in [6.07, 6.45) is -0.692. The Labute approximate surface area is 128 Å². The number of aliphatic hydroxyl groups is 1. The molecule has 0 aromatic heterocycles. The van der Waals surface area contributed by atoms with Gasteiger partial charge in [-0.15, -0.1) is 0 Å². The SMILES string of the molecule is COc1cccc(C(O)CNCc2cccc(Cl)c2F)c1. The van der Waals surface area contributed by atoms with E-state index in [0.717, 1.165) is 5.56 Å². The Morgan fingerprint density at radius 1 is 1.29 bits per heavy atom. The molecule has 0 spiro atoms. The van der Waals surface area contributed by atoms with Crippen molar-refractivity contribution >= 4 is 11.6 Å². The number of rotatable bonds is 6. The molecule has 2 rings (SSSR count). The molecule has 5 heteroatoms. The highest BCUT2D eigenvalue weighted by molar-refractivity contribution is 6.30. The van der Waals surface area contributed by atoms with Crippen LogP contribution in [-0.2, 0) is 6.54 Å². The van der Waals surface area contributed by atoms with E-state index in [0.29, 0.717) is 24.4 Å². The Balaban J connectivity index is 1.92. The van der Waals surface area contributed by atoms with E-state index in [1.807, 2.05) is 18.2 Å². The molecule has 1 atom stereocenters. The van der Waals surface area contributed by atoms with Crippen LogP contribution >= 0.6 is 11.6 Å². The minimum Gasteiger partial charge on any atom is -0.497 e. The first-order chi connectivity index (χ1) is 10.1. The van der Waals surface area contributed by atoms with E-state index < -0.39 is 11.9 Å². The minimum atomic E-state index is -0.692. The lowest BCUT2D eigenvalue weighted by Crippen LogP contribution is -2.21. The fourth-order valence-electron chi connectivity index (χ4n) is 2.00. The molecule has 0 heterocycles. The Morgan fingerprint density at radius 2 is 2.05 bits per heavy atom. The largest absolute Gasteiger partial charge is 0.497 e. The molecule has 1 unspecified atom stereocenters. The first-order valence-electron chi connectivity index (χ1n) is 6.57. The Kier molecular flexibility index (Phi) is 5.56. The lowest BCUT2D eigenvalue weighted by atomic mass is 10.1. The van der Waals surface area contributed by atoms with Crippen LogP contribution in [0.5, 0.6) is 5.75 Å². The molecule has 0 aliphatic rings. The van der Waals surface area contributed by atoms with E-state index in [-0.39, 0.29) is 5.02 Å². The maximum absolute atomic E-state index is 13.7. The van der Waals surface area contributed by atoms with E-state index in [4.69, 9.17) is 16.3 Å². The van der Waals surface area contributed by atoms with Crippen molar-refractivity contribution in [3.05, 3.63) is 64.4 Å². The average molecular weight is 310 g/mol. The van der Waals surface area contributed by atoms with Gasteiger partial charge >= 0.3 is 0 Å². The summed E-state index contributed by atoms with van der Waals surface area (Å²) in [5, 5.41) is 13.2. The maximum Gasteiger partial charge on any atom is 0.146 e. The third kappa shape index (κ3) is 4.17. The van der Waals surface area contributed by atoms with Crippen LogP contribution in [0, 0.1) is 5.82 Å². The summed E-state index contributed by atoms with van der Waals surface area (Å²) in [5.74, 6) is 0.259. The zero-order chi connectivity index (χ0) is 15.2. The van der Waals surface area contributed by atoms with Crippen molar-refractivity contribution in [3.63, 3.8) is 0 Å². The summed E-state index contributed by atoms with van der Waals surface area (Å²) in [7, 11) is 1.58. The number of methoxy groups -OCH3 is 1. The highest BCUT2D eigenvalue weighted by Crippen LogP contribution is 2.20. The smallest absolute Gasteiger partial charge is 0.146 e. The Morgan fingerprint density at radius 3 is 2.81 bits per heavy atom. The third-order valence-electron chi connectivity index (χ3n) is 3.16. The number of nitrogens with one attached hydrogen (secondary N) is 1. The molecule has 2 aromatic rings. The van der Waals surface area contributed by atoms with Crippen LogP contribution in [0.1, 0.15) is 17.2 Å². The molecular formula is C16H17ClFNO2. The predicted molar refractivity (Wildman–Crippen MR) is 81.1 cm³/mol. The number of halogens is 2. The zero-order valence-electron chi connectivity index (χ0n) is 11.6. The third-order valence-corrected chi connectivity index (χ3v) is 3.46. The van der Waals surface area contributed by atoms with Crippen molar-refractivity contribution in [3.8, 4) is 5.75 Å². The highest BCUT2D eigenvalue weighted by atomic mass is 35.5. The van der Waals surface area contributed by atoms with Gasteiger partial charge in [0, 0.05) is 18.7 Å². The Hall–Kier alpha value is -1.62. The predicted octanol–water partition coefficient (Wildman–Crippen LogP) is 3.31. The summed E-state index contributed by atoms with van der Waals surface area (Å²) >= 11 is 5.72. The number of ether oxygens (including phenoxy) is 1. The minimum absolute atomic E-state index is 0.0997. The van der Waals surface area contributed by atoms with Crippen LogP contribution < -0.4 is 10.1 Å². The molecule has 0 aliphatic carbocycles. The van der Waals surface area contributed by atoms with Crippen molar-refractivity contribution in [2.45, 2.75) is 12.6 Å². The number of benzene rings is 2. The van der Waals surface area contributed by atoms with E-state index in [2.05, 4.69) is 5.32 Å². The molecule has 3 nitrogen and oxygen atoms in total.